The van der Waals surface area contributed by atoms with Gasteiger partial charge in [-0.2, -0.15) is 0 Å². The zero-order chi connectivity index (χ0) is 12.5. The average molecular weight is 238 g/mol. The van der Waals surface area contributed by atoms with Crippen molar-refractivity contribution in [1.82, 2.24) is 4.68 Å². The maximum atomic E-state index is 11.2. The van der Waals surface area contributed by atoms with Crippen molar-refractivity contribution in [3.8, 4) is 0 Å². The number of benzene rings is 1. The Hall–Kier alpha value is -2.62. The van der Waals surface area contributed by atoms with Gasteiger partial charge < -0.3 is 0 Å². The zero-order valence-electron chi connectivity index (χ0n) is 9.48. The van der Waals surface area contributed by atoms with Gasteiger partial charge in [-0.3, -0.25) is 0 Å². The summed E-state index contributed by atoms with van der Waals surface area (Å²) >= 11 is 0. The number of allylic oxidation sites excluding steroid dienone is 4. The molecule has 0 unspecified atom stereocenters. The fourth-order valence-electron chi connectivity index (χ4n) is 2.21. The fourth-order valence-corrected chi connectivity index (χ4v) is 2.21. The Labute approximate surface area is 103 Å². The van der Waals surface area contributed by atoms with Crippen LogP contribution < -0.4 is 0 Å². The molecule has 4 heteroatoms. The molecule has 1 aromatic carbocycles. The molecule has 1 aliphatic rings. The summed E-state index contributed by atoms with van der Waals surface area (Å²) in [5.41, 5.74) is 2.09. The van der Waals surface area contributed by atoms with Crippen molar-refractivity contribution in [2.75, 3.05) is 0 Å². The van der Waals surface area contributed by atoms with Gasteiger partial charge in [-0.25, -0.2) is 10.1 Å². The minimum atomic E-state index is -0.384. The number of hydrogen-bond donors (Lipinski definition) is 0. The third-order valence-corrected chi connectivity index (χ3v) is 2.94. The van der Waals surface area contributed by atoms with Crippen LogP contribution in [0.3, 0.4) is 0 Å². The Morgan fingerprint density at radius 1 is 1.00 bits per heavy atom. The number of hydrogen-bond acceptors (Lipinski definition) is 2. The van der Waals surface area contributed by atoms with Gasteiger partial charge in [0.05, 0.1) is 0 Å². The first kappa shape index (κ1) is 10.5. The summed E-state index contributed by atoms with van der Waals surface area (Å²) < 4.78 is 1.13. The molecule has 0 N–H and O–H groups in total. The summed E-state index contributed by atoms with van der Waals surface area (Å²) in [5.74, 6) is 0. The lowest BCUT2D eigenvalue weighted by Crippen LogP contribution is -2.10. The van der Waals surface area contributed by atoms with E-state index in [1.165, 1.54) is 0 Å². The minimum absolute atomic E-state index is 0.384. The van der Waals surface area contributed by atoms with Crippen LogP contribution in [0.5, 0.6) is 0 Å². The Kier molecular flexibility index (Phi) is 2.34. The monoisotopic (exact) mass is 238 g/mol. The summed E-state index contributed by atoms with van der Waals surface area (Å²) in [6.45, 7) is 0. The van der Waals surface area contributed by atoms with Crippen molar-refractivity contribution in [2.45, 2.75) is 0 Å². The molecule has 1 heterocycles. The number of rotatable bonds is 1. The Bertz CT molecular complexity index is 721. The lowest BCUT2D eigenvalue weighted by molar-refractivity contribution is -0.538. The molecule has 0 atom stereocenters. The van der Waals surface area contributed by atoms with Crippen LogP contribution in [0.2, 0.25) is 0 Å². The van der Waals surface area contributed by atoms with Gasteiger partial charge in [-0.15, -0.1) is 0 Å². The predicted octanol–water partition coefficient (Wildman–Crippen LogP) is 3.28. The number of aromatic nitrogens is 1. The highest BCUT2D eigenvalue weighted by Crippen LogP contribution is 2.28. The van der Waals surface area contributed by atoms with E-state index < -0.39 is 0 Å². The summed E-state index contributed by atoms with van der Waals surface area (Å²) in [4.78, 5) is 11.2. The molecule has 18 heavy (non-hydrogen) atoms. The third-order valence-electron chi connectivity index (χ3n) is 2.94. The first-order valence-electron chi connectivity index (χ1n) is 5.58. The highest BCUT2D eigenvalue weighted by molar-refractivity contribution is 5.94. The summed E-state index contributed by atoms with van der Waals surface area (Å²) in [5, 5.41) is 11.7. The highest BCUT2D eigenvalue weighted by atomic mass is 16.7. The van der Waals surface area contributed by atoms with Crippen molar-refractivity contribution in [2.24, 2.45) is 0 Å². The SMILES string of the molecule is O=[N+]([O-])n1c2c(c3ccccc31)C=CC=CC=C2. The normalized spacial score (nSPS) is 13.3. The second-order valence-electron chi connectivity index (χ2n) is 3.97. The maximum absolute atomic E-state index is 11.2. The number of nitro groups is 1. The van der Waals surface area contributed by atoms with E-state index in [0.29, 0.717) is 11.2 Å². The number of nitrogens with zero attached hydrogens (tertiary/aromatic N) is 2. The first-order valence-corrected chi connectivity index (χ1v) is 5.58. The molecule has 0 aliphatic heterocycles. The molecular formula is C14H10N2O2. The Morgan fingerprint density at radius 2 is 1.72 bits per heavy atom. The van der Waals surface area contributed by atoms with Crippen molar-refractivity contribution < 1.29 is 5.03 Å². The molecule has 1 aliphatic carbocycles. The maximum Gasteiger partial charge on any atom is 0.170 e. The second-order valence-corrected chi connectivity index (χ2v) is 3.97. The van der Waals surface area contributed by atoms with E-state index in [-0.39, 0.29) is 5.03 Å². The van der Waals surface area contributed by atoms with Crippen molar-refractivity contribution in [3.05, 3.63) is 69.9 Å². The lowest BCUT2D eigenvalue weighted by Gasteiger charge is -1.97. The quantitative estimate of drug-likeness (QED) is 0.565. The Balaban J connectivity index is 2.47. The van der Waals surface area contributed by atoms with Gasteiger partial charge in [0.2, 0.25) is 0 Å². The predicted molar refractivity (Wildman–Crippen MR) is 71.5 cm³/mol. The van der Waals surface area contributed by atoms with Crippen molar-refractivity contribution >= 4 is 23.1 Å². The zero-order valence-corrected chi connectivity index (χ0v) is 9.48. The van der Waals surface area contributed by atoms with Gasteiger partial charge in [0.1, 0.15) is 11.2 Å². The van der Waals surface area contributed by atoms with Crippen LogP contribution in [0.4, 0.5) is 0 Å². The number of fused-ring (bicyclic) bond motifs is 3. The van der Waals surface area contributed by atoms with Crippen LogP contribution in [-0.2, 0) is 0 Å². The largest absolute Gasteiger partial charge is 0.234 e. The molecule has 4 nitrogen and oxygen atoms in total. The molecule has 0 radical (unpaired) electrons. The summed E-state index contributed by atoms with van der Waals surface area (Å²) in [6.07, 6.45) is 11.1. The van der Waals surface area contributed by atoms with E-state index in [1.807, 2.05) is 36.4 Å². The molecule has 0 bridgehead atoms. The van der Waals surface area contributed by atoms with Gasteiger partial charge in [0, 0.05) is 10.9 Å². The van der Waals surface area contributed by atoms with E-state index >= 15 is 0 Å². The van der Waals surface area contributed by atoms with Gasteiger partial charge in [-0.05, 0) is 12.1 Å². The molecule has 0 amide bonds. The molecular weight excluding hydrogens is 228 g/mol. The van der Waals surface area contributed by atoms with Gasteiger partial charge >= 0.3 is 0 Å². The molecule has 0 saturated carbocycles. The van der Waals surface area contributed by atoms with Gasteiger partial charge in [0.15, 0.2) is 5.03 Å². The number of para-hydroxylation sites is 1. The standard InChI is InChI=1S/C14H10N2O2/c17-16(18)15-13-9-4-2-1-3-7-11(13)12-8-5-6-10-14(12)15/h1-10H. The van der Waals surface area contributed by atoms with Crippen LogP contribution in [0.15, 0.2) is 48.6 Å². The Morgan fingerprint density at radius 3 is 2.50 bits per heavy atom. The topological polar surface area (TPSA) is 48.1 Å². The lowest BCUT2D eigenvalue weighted by atomic mass is 10.1. The highest BCUT2D eigenvalue weighted by Gasteiger charge is 2.19. The third kappa shape index (κ3) is 1.47. The summed E-state index contributed by atoms with van der Waals surface area (Å²) in [7, 11) is 0. The smallest absolute Gasteiger partial charge is 0.170 e. The summed E-state index contributed by atoms with van der Waals surface area (Å²) in [6, 6.07) is 7.36. The van der Waals surface area contributed by atoms with Crippen LogP contribution >= 0.6 is 0 Å². The van der Waals surface area contributed by atoms with Crippen LogP contribution in [0, 0.1) is 10.1 Å². The van der Waals surface area contributed by atoms with E-state index in [1.54, 1.807) is 24.3 Å². The van der Waals surface area contributed by atoms with Crippen molar-refractivity contribution in [3.63, 3.8) is 0 Å². The molecule has 0 saturated heterocycles. The van der Waals surface area contributed by atoms with Crippen LogP contribution in [0.1, 0.15) is 11.3 Å². The van der Waals surface area contributed by atoms with E-state index in [0.717, 1.165) is 15.6 Å². The molecule has 3 rings (SSSR count). The average Bonchev–Trinajstić information content (AvgIpc) is 2.62. The van der Waals surface area contributed by atoms with E-state index in [4.69, 9.17) is 0 Å². The van der Waals surface area contributed by atoms with Gasteiger partial charge in [0.25, 0.3) is 0 Å². The van der Waals surface area contributed by atoms with Crippen LogP contribution in [0.25, 0.3) is 23.1 Å². The molecule has 0 spiro atoms. The minimum Gasteiger partial charge on any atom is -0.234 e. The molecule has 2 aromatic rings. The molecule has 0 fully saturated rings. The molecule has 1 aromatic heterocycles. The molecule has 88 valence electrons. The van der Waals surface area contributed by atoms with Gasteiger partial charge in [-0.1, -0.05) is 53.3 Å². The second kappa shape index (κ2) is 4.00. The van der Waals surface area contributed by atoms with Crippen LogP contribution in [-0.4, -0.2) is 9.71 Å². The van der Waals surface area contributed by atoms with E-state index in [2.05, 4.69) is 0 Å². The van der Waals surface area contributed by atoms with E-state index in [9.17, 15) is 10.1 Å². The van der Waals surface area contributed by atoms with Crippen molar-refractivity contribution in [1.29, 1.82) is 0 Å². The first-order chi connectivity index (χ1) is 8.79. The fraction of sp³-hybridized carbons (Fsp3) is 0.